The molecule has 0 aromatic carbocycles. The van der Waals surface area contributed by atoms with Crippen LogP contribution in [0.3, 0.4) is 0 Å². The maximum absolute atomic E-state index is 12.5. The van der Waals surface area contributed by atoms with Gasteiger partial charge in [-0.25, -0.2) is 8.78 Å². The molecule has 1 rings (SSSR count). The summed E-state index contributed by atoms with van der Waals surface area (Å²) in [5, 5.41) is 10.2. The van der Waals surface area contributed by atoms with Crippen molar-refractivity contribution in [3.05, 3.63) is 0 Å². The van der Waals surface area contributed by atoms with Gasteiger partial charge in [-0.3, -0.25) is 0 Å². The third-order valence-electron chi connectivity index (χ3n) is 1.97. The monoisotopic (exact) mass is 181 g/mol. The van der Waals surface area contributed by atoms with Crippen LogP contribution in [-0.4, -0.2) is 11.9 Å². The van der Waals surface area contributed by atoms with Crippen molar-refractivity contribution in [2.45, 2.75) is 31.6 Å². The van der Waals surface area contributed by atoms with Crippen molar-refractivity contribution >= 4 is 5.97 Å². The predicted octanol–water partition coefficient (Wildman–Crippen LogP) is 0.938. The van der Waals surface area contributed by atoms with E-state index in [9.17, 15) is 18.7 Å². The molecule has 1 atom stereocenters. The van der Waals surface area contributed by atoms with Gasteiger partial charge in [-0.2, -0.15) is 0 Å². The largest absolute Gasteiger partial charge is 0.550 e. The first kappa shape index (κ1) is 11.3. The first-order valence-electron chi connectivity index (χ1n) is 3.60. The van der Waals surface area contributed by atoms with E-state index in [0.29, 0.717) is 6.42 Å². The fraction of sp³-hybridized carbons (Fsp3) is 0.857. The van der Waals surface area contributed by atoms with Gasteiger partial charge in [-0.1, -0.05) is 0 Å². The van der Waals surface area contributed by atoms with E-state index < -0.39 is 24.2 Å². The number of carboxylic acids is 1. The van der Waals surface area contributed by atoms with Crippen molar-refractivity contribution in [2.75, 3.05) is 0 Å². The van der Waals surface area contributed by atoms with E-state index in [-0.39, 0.29) is 19.0 Å². The summed E-state index contributed by atoms with van der Waals surface area (Å²) in [5.74, 6) is -5.08. The Bertz CT molecular complexity index is 173. The zero-order valence-electron chi connectivity index (χ0n) is 6.98. The van der Waals surface area contributed by atoms with Crippen molar-refractivity contribution in [2.24, 2.45) is 5.92 Å². The van der Waals surface area contributed by atoms with Crippen LogP contribution >= 0.6 is 0 Å². The van der Waals surface area contributed by atoms with Crippen molar-refractivity contribution in [1.82, 2.24) is 6.15 Å². The lowest BCUT2D eigenvalue weighted by atomic mass is 9.87. The van der Waals surface area contributed by atoms with E-state index in [0.717, 1.165) is 0 Å². The van der Waals surface area contributed by atoms with Gasteiger partial charge in [0, 0.05) is 24.7 Å². The number of hydrogen-bond acceptors (Lipinski definition) is 2. The molecule has 0 radical (unpaired) electrons. The summed E-state index contributed by atoms with van der Waals surface area (Å²) in [6.07, 6.45) is -0.115. The van der Waals surface area contributed by atoms with Crippen LogP contribution < -0.4 is 11.3 Å². The summed E-state index contributed by atoms with van der Waals surface area (Å²) in [6.45, 7) is 0. The molecular weight excluding hydrogens is 168 g/mol. The summed E-state index contributed by atoms with van der Waals surface area (Å²) in [4.78, 5) is 10.2. The number of alkyl halides is 2. The van der Waals surface area contributed by atoms with E-state index >= 15 is 0 Å². The molecule has 4 N–H and O–H groups in total. The van der Waals surface area contributed by atoms with Crippen molar-refractivity contribution in [1.29, 1.82) is 0 Å². The van der Waals surface area contributed by atoms with Gasteiger partial charge in [-0.15, -0.1) is 0 Å². The Hall–Kier alpha value is -0.710. The molecule has 1 unspecified atom stereocenters. The summed E-state index contributed by atoms with van der Waals surface area (Å²) in [5.41, 5.74) is 0. The van der Waals surface area contributed by atoms with E-state index in [2.05, 4.69) is 0 Å². The average Bonchev–Trinajstić information content (AvgIpc) is 1.85. The molecule has 1 aliphatic carbocycles. The number of rotatable bonds is 1. The standard InChI is InChI=1S/C7H10F2O2.H3N/c8-7(9)3-1-2-5(4-7)6(10)11;/h5H,1-4H2,(H,10,11);1H3. The molecule has 0 aliphatic heterocycles. The number of aliphatic carboxylic acids is 1. The lowest BCUT2D eigenvalue weighted by Gasteiger charge is -2.29. The highest BCUT2D eigenvalue weighted by molar-refractivity contribution is 5.67. The minimum Gasteiger partial charge on any atom is -0.550 e. The van der Waals surface area contributed by atoms with E-state index in [1.165, 1.54) is 0 Å². The van der Waals surface area contributed by atoms with Crippen LogP contribution in [0.2, 0.25) is 0 Å². The Balaban J connectivity index is 0.00000121. The van der Waals surface area contributed by atoms with Crippen LogP contribution in [0.25, 0.3) is 0 Å². The SMILES string of the molecule is O=C([O-])C1CCCC(F)(F)C1.[NH4+]. The Morgan fingerprint density at radius 2 is 2.08 bits per heavy atom. The minimum absolute atomic E-state index is 0. The molecule has 0 aromatic rings. The molecule has 72 valence electrons. The predicted molar refractivity (Wildman–Crippen MR) is 37.9 cm³/mol. The van der Waals surface area contributed by atoms with Crippen LogP contribution in [0.1, 0.15) is 25.7 Å². The third kappa shape index (κ3) is 2.73. The number of carboxylic acid groups (broad SMARTS) is 1. The first-order chi connectivity index (χ1) is 5.01. The van der Waals surface area contributed by atoms with Crippen LogP contribution in [0, 0.1) is 5.92 Å². The lowest BCUT2D eigenvalue weighted by Crippen LogP contribution is -2.38. The van der Waals surface area contributed by atoms with Crippen LogP contribution in [-0.2, 0) is 4.79 Å². The van der Waals surface area contributed by atoms with Crippen molar-refractivity contribution in [3.8, 4) is 0 Å². The number of carbonyl (C=O) groups is 1. The van der Waals surface area contributed by atoms with E-state index in [4.69, 9.17) is 0 Å². The maximum atomic E-state index is 12.5. The molecule has 3 nitrogen and oxygen atoms in total. The molecule has 0 saturated heterocycles. The van der Waals surface area contributed by atoms with Gasteiger partial charge in [-0.05, 0) is 12.8 Å². The number of hydrogen-bond donors (Lipinski definition) is 1. The molecule has 0 bridgehead atoms. The van der Waals surface area contributed by atoms with E-state index in [1.54, 1.807) is 0 Å². The molecule has 5 heteroatoms. The molecule has 1 saturated carbocycles. The minimum atomic E-state index is -2.79. The van der Waals surface area contributed by atoms with E-state index in [1.807, 2.05) is 0 Å². The third-order valence-corrected chi connectivity index (χ3v) is 1.97. The highest BCUT2D eigenvalue weighted by Gasteiger charge is 2.36. The Labute approximate surface area is 69.3 Å². The average molecular weight is 181 g/mol. The molecule has 0 heterocycles. The second-order valence-corrected chi connectivity index (χ2v) is 2.97. The quantitative estimate of drug-likeness (QED) is 0.653. The normalized spacial score (nSPS) is 27.3. The fourth-order valence-corrected chi connectivity index (χ4v) is 1.37. The van der Waals surface area contributed by atoms with Gasteiger partial charge in [0.1, 0.15) is 0 Å². The first-order valence-corrected chi connectivity index (χ1v) is 3.60. The summed E-state index contributed by atoms with van der Waals surface area (Å²) in [7, 11) is 0. The van der Waals surface area contributed by atoms with Gasteiger partial charge >= 0.3 is 0 Å². The fourth-order valence-electron chi connectivity index (χ4n) is 1.37. The van der Waals surface area contributed by atoms with Gasteiger partial charge in [0.15, 0.2) is 0 Å². The summed E-state index contributed by atoms with van der Waals surface area (Å²) < 4.78 is 25.0. The van der Waals surface area contributed by atoms with Crippen LogP contribution in [0.5, 0.6) is 0 Å². The Morgan fingerprint density at radius 1 is 1.50 bits per heavy atom. The summed E-state index contributed by atoms with van der Waals surface area (Å²) in [6, 6.07) is 0. The molecule has 0 amide bonds. The molecule has 1 fully saturated rings. The molecule has 12 heavy (non-hydrogen) atoms. The molecular formula is C7H13F2NO2. The summed E-state index contributed by atoms with van der Waals surface area (Å²) >= 11 is 0. The smallest absolute Gasteiger partial charge is 0.248 e. The number of halogens is 2. The van der Waals surface area contributed by atoms with Crippen LogP contribution in [0.15, 0.2) is 0 Å². The lowest BCUT2D eigenvalue weighted by molar-refractivity contribution is -0.314. The maximum Gasteiger partial charge on any atom is 0.248 e. The molecule has 0 aromatic heterocycles. The number of carbonyl (C=O) groups excluding carboxylic acids is 1. The molecule has 0 spiro atoms. The Morgan fingerprint density at radius 3 is 2.42 bits per heavy atom. The van der Waals surface area contributed by atoms with Crippen LogP contribution in [0.4, 0.5) is 8.78 Å². The van der Waals surface area contributed by atoms with Gasteiger partial charge < -0.3 is 16.1 Å². The Kier molecular flexibility index (Phi) is 3.57. The van der Waals surface area contributed by atoms with Gasteiger partial charge in [0.25, 0.3) is 0 Å². The van der Waals surface area contributed by atoms with Crippen molar-refractivity contribution in [3.63, 3.8) is 0 Å². The molecule has 1 aliphatic rings. The second-order valence-electron chi connectivity index (χ2n) is 2.97. The zero-order chi connectivity index (χ0) is 8.48. The highest BCUT2D eigenvalue weighted by Crippen LogP contribution is 2.36. The number of quaternary nitrogens is 1. The van der Waals surface area contributed by atoms with Gasteiger partial charge in [0.2, 0.25) is 5.92 Å². The van der Waals surface area contributed by atoms with Crippen molar-refractivity contribution < 1.29 is 18.7 Å². The second kappa shape index (κ2) is 3.80. The van der Waals surface area contributed by atoms with Gasteiger partial charge in [0.05, 0.1) is 0 Å². The topological polar surface area (TPSA) is 76.6 Å². The zero-order valence-corrected chi connectivity index (χ0v) is 6.98. The highest BCUT2D eigenvalue weighted by atomic mass is 19.3.